The van der Waals surface area contributed by atoms with Crippen LogP contribution in [0.15, 0.2) is 48.7 Å². The summed E-state index contributed by atoms with van der Waals surface area (Å²) in [6.07, 6.45) is 1.67. The van der Waals surface area contributed by atoms with Crippen molar-refractivity contribution in [2.45, 2.75) is 13.5 Å². The number of benzene rings is 2. The molecule has 0 aliphatic rings. The second kappa shape index (κ2) is 4.78. The van der Waals surface area contributed by atoms with Crippen molar-refractivity contribution in [2.24, 2.45) is 0 Å². The monoisotopic (exact) mass is 250 g/mol. The van der Waals surface area contributed by atoms with E-state index in [0.717, 1.165) is 11.3 Å². The van der Waals surface area contributed by atoms with E-state index < -0.39 is 0 Å². The number of hydrogen-bond acceptors (Lipinski definition) is 3. The Morgan fingerprint density at radius 3 is 2.63 bits per heavy atom. The highest BCUT2D eigenvalue weighted by atomic mass is 16.3. The first-order valence-corrected chi connectivity index (χ1v) is 6.20. The molecule has 0 aliphatic carbocycles. The van der Waals surface area contributed by atoms with Crippen LogP contribution in [0.3, 0.4) is 0 Å². The first-order chi connectivity index (χ1) is 9.26. The lowest BCUT2D eigenvalue weighted by Gasteiger charge is -2.05. The third kappa shape index (κ3) is 2.33. The van der Waals surface area contributed by atoms with Gasteiger partial charge in [0.2, 0.25) is 0 Å². The molecular formula is C16H14N2O. The normalized spacial score (nSPS) is 10.8. The van der Waals surface area contributed by atoms with Gasteiger partial charge in [0, 0.05) is 11.8 Å². The molecule has 0 fully saturated rings. The molecule has 0 bridgehead atoms. The average Bonchev–Trinajstić information content (AvgIpc) is 2.46. The van der Waals surface area contributed by atoms with Crippen LogP contribution in [0.2, 0.25) is 0 Å². The van der Waals surface area contributed by atoms with Gasteiger partial charge in [0.15, 0.2) is 5.82 Å². The highest BCUT2D eigenvalue weighted by Gasteiger charge is 2.03. The zero-order chi connectivity index (χ0) is 13.2. The first-order valence-electron chi connectivity index (χ1n) is 6.20. The van der Waals surface area contributed by atoms with E-state index in [2.05, 4.69) is 47.2 Å². The fourth-order valence-corrected chi connectivity index (χ4v) is 2.16. The number of fused-ring (bicyclic) bond motifs is 1. The molecule has 0 spiro atoms. The molecule has 0 saturated heterocycles. The molecule has 3 nitrogen and oxygen atoms in total. The van der Waals surface area contributed by atoms with E-state index in [1.54, 1.807) is 6.20 Å². The maximum Gasteiger partial charge on any atom is 0.154 e. The van der Waals surface area contributed by atoms with E-state index in [-0.39, 0.29) is 6.61 Å². The van der Waals surface area contributed by atoms with Gasteiger partial charge in [-0.2, -0.15) is 0 Å². The van der Waals surface area contributed by atoms with E-state index in [1.807, 2.05) is 12.1 Å². The van der Waals surface area contributed by atoms with Crippen molar-refractivity contribution >= 4 is 10.8 Å². The van der Waals surface area contributed by atoms with Crippen LogP contribution in [0.25, 0.3) is 22.0 Å². The van der Waals surface area contributed by atoms with E-state index in [1.165, 1.54) is 16.3 Å². The Kier molecular flexibility index (Phi) is 2.97. The lowest BCUT2D eigenvalue weighted by Crippen LogP contribution is -1.95. The highest BCUT2D eigenvalue weighted by Crippen LogP contribution is 2.23. The molecule has 0 atom stereocenters. The molecule has 1 aromatic heterocycles. The van der Waals surface area contributed by atoms with Gasteiger partial charge in [0.05, 0.1) is 5.69 Å². The zero-order valence-electron chi connectivity index (χ0n) is 10.7. The topological polar surface area (TPSA) is 46.0 Å². The molecule has 19 heavy (non-hydrogen) atoms. The zero-order valence-corrected chi connectivity index (χ0v) is 10.7. The van der Waals surface area contributed by atoms with Crippen molar-refractivity contribution in [1.29, 1.82) is 0 Å². The number of hydrogen-bond donors (Lipinski definition) is 1. The third-order valence-corrected chi connectivity index (χ3v) is 3.14. The fraction of sp³-hybridized carbons (Fsp3) is 0.125. The molecule has 3 rings (SSSR count). The van der Waals surface area contributed by atoms with Crippen molar-refractivity contribution in [3.63, 3.8) is 0 Å². The average molecular weight is 250 g/mol. The Morgan fingerprint density at radius 2 is 1.79 bits per heavy atom. The van der Waals surface area contributed by atoms with E-state index in [0.29, 0.717) is 5.82 Å². The second-order valence-corrected chi connectivity index (χ2v) is 4.58. The SMILES string of the molecule is Cc1ccc2cc(-c3ccnc(CO)n3)ccc2c1. The highest BCUT2D eigenvalue weighted by molar-refractivity contribution is 5.87. The number of aromatic nitrogens is 2. The summed E-state index contributed by atoms with van der Waals surface area (Å²) in [5, 5.41) is 11.5. The maximum atomic E-state index is 9.09. The Labute approximate surface area is 111 Å². The van der Waals surface area contributed by atoms with E-state index in [4.69, 9.17) is 5.11 Å². The van der Waals surface area contributed by atoms with Crippen molar-refractivity contribution in [3.8, 4) is 11.3 Å². The van der Waals surface area contributed by atoms with Crippen LogP contribution in [0.1, 0.15) is 11.4 Å². The van der Waals surface area contributed by atoms with Gasteiger partial charge in [-0.1, -0.05) is 35.9 Å². The quantitative estimate of drug-likeness (QED) is 0.760. The molecule has 0 radical (unpaired) electrons. The molecule has 0 amide bonds. The Morgan fingerprint density at radius 1 is 1.00 bits per heavy atom. The van der Waals surface area contributed by atoms with Gasteiger partial charge in [0.1, 0.15) is 6.61 Å². The lowest BCUT2D eigenvalue weighted by molar-refractivity contribution is 0.271. The molecular weight excluding hydrogens is 236 g/mol. The van der Waals surface area contributed by atoms with E-state index >= 15 is 0 Å². The third-order valence-electron chi connectivity index (χ3n) is 3.14. The number of aliphatic hydroxyl groups is 1. The van der Waals surface area contributed by atoms with Crippen LogP contribution in [-0.2, 0) is 6.61 Å². The molecule has 2 aromatic carbocycles. The van der Waals surface area contributed by atoms with Crippen LogP contribution in [0.5, 0.6) is 0 Å². The fourth-order valence-electron chi connectivity index (χ4n) is 2.16. The summed E-state index contributed by atoms with van der Waals surface area (Å²) in [6.45, 7) is 1.95. The van der Waals surface area contributed by atoms with Gasteiger partial charge in [-0.15, -0.1) is 0 Å². The van der Waals surface area contributed by atoms with Crippen LogP contribution < -0.4 is 0 Å². The summed E-state index contributed by atoms with van der Waals surface area (Å²) in [5.74, 6) is 0.446. The Balaban J connectivity index is 2.12. The minimum atomic E-state index is -0.138. The first kappa shape index (κ1) is 11.8. The van der Waals surface area contributed by atoms with Crippen LogP contribution in [0.4, 0.5) is 0 Å². The van der Waals surface area contributed by atoms with Crippen LogP contribution in [-0.4, -0.2) is 15.1 Å². The molecule has 0 unspecified atom stereocenters. The summed E-state index contributed by atoms with van der Waals surface area (Å²) in [4.78, 5) is 8.32. The van der Waals surface area contributed by atoms with Gasteiger partial charge in [-0.25, -0.2) is 9.97 Å². The summed E-state index contributed by atoms with van der Waals surface area (Å²) in [7, 11) is 0. The summed E-state index contributed by atoms with van der Waals surface area (Å²) in [5.41, 5.74) is 3.12. The molecule has 0 aliphatic heterocycles. The molecule has 3 heteroatoms. The molecule has 3 aromatic rings. The van der Waals surface area contributed by atoms with Crippen LogP contribution >= 0.6 is 0 Å². The van der Waals surface area contributed by atoms with Gasteiger partial charge >= 0.3 is 0 Å². The van der Waals surface area contributed by atoms with Gasteiger partial charge in [-0.3, -0.25) is 0 Å². The number of aryl methyl sites for hydroxylation is 1. The van der Waals surface area contributed by atoms with Crippen LogP contribution in [0, 0.1) is 6.92 Å². The van der Waals surface area contributed by atoms with E-state index in [9.17, 15) is 0 Å². The number of nitrogens with zero attached hydrogens (tertiary/aromatic N) is 2. The summed E-state index contributed by atoms with van der Waals surface area (Å²) < 4.78 is 0. The predicted molar refractivity (Wildman–Crippen MR) is 75.6 cm³/mol. The van der Waals surface area contributed by atoms with Crippen molar-refractivity contribution in [3.05, 3.63) is 60.0 Å². The largest absolute Gasteiger partial charge is 0.388 e. The van der Waals surface area contributed by atoms with Crippen molar-refractivity contribution in [2.75, 3.05) is 0 Å². The number of rotatable bonds is 2. The molecule has 1 N–H and O–H groups in total. The van der Waals surface area contributed by atoms with Crippen molar-refractivity contribution < 1.29 is 5.11 Å². The summed E-state index contributed by atoms with van der Waals surface area (Å²) in [6, 6.07) is 14.5. The summed E-state index contributed by atoms with van der Waals surface area (Å²) >= 11 is 0. The maximum absolute atomic E-state index is 9.09. The Hall–Kier alpha value is -2.26. The standard InChI is InChI=1S/C16H14N2O/c1-11-2-3-13-9-14(5-4-12(13)8-11)15-6-7-17-16(10-19)18-15/h2-9,19H,10H2,1H3. The molecule has 0 saturated carbocycles. The predicted octanol–water partition coefficient (Wildman–Crippen LogP) is 3.10. The van der Waals surface area contributed by atoms with Gasteiger partial charge in [-0.05, 0) is 29.8 Å². The minimum absolute atomic E-state index is 0.138. The van der Waals surface area contributed by atoms with Crippen molar-refractivity contribution in [1.82, 2.24) is 9.97 Å². The molecule has 1 heterocycles. The minimum Gasteiger partial charge on any atom is -0.388 e. The molecule has 94 valence electrons. The second-order valence-electron chi connectivity index (χ2n) is 4.58. The smallest absolute Gasteiger partial charge is 0.154 e. The van der Waals surface area contributed by atoms with Gasteiger partial charge < -0.3 is 5.11 Å². The Bertz CT molecular complexity index is 738. The number of aliphatic hydroxyl groups excluding tert-OH is 1. The lowest BCUT2D eigenvalue weighted by atomic mass is 10.0. The van der Waals surface area contributed by atoms with Gasteiger partial charge in [0.25, 0.3) is 0 Å².